The van der Waals surface area contributed by atoms with E-state index in [-0.39, 0.29) is 12.3 Å². The van der Waals surface area contributed by atoms with Crippen molar-refractivity contribution in [2.45, 2.75) is 19.3 Å². The van der Waals surface area contributed by atoms with Crippen LogP contribution < -0.4 is 10.5 Å². The number of piperidine rings is 1. The molecule has 2 rings (SSSR count). The number of carbonyl (C=O) groups excluding carboxylic acids is 1. The number of anilines is 1. The van der Waals surface area contributed by atoms with Gasteiger partial charge in [-0.1, -0.05) is 6.42 Å². The van der Waals surface area contributed by atoms with Gasteiger partial charge in [-0.3, -0.25) is 9.52 Å². The van der Waals surface area contributed by atoms with Crippen LogP contribution in [0.4, 0.5) is 5.69 Å². The van der Waals surface area contributed by atoms with Crippen LogP contribution in [0, 0.1) is 0 Å². The van der Waals surface area contributed by atoms with E-state index in [0.717, 1.165) is 19.3 Å². The van der Waals surface area contributed by atoms with Crippen LogP contribution in [0.2, 0.25) is 0 Å². The number of hydrogen-bond acceptors (Lipinski definition) is 4. The zero-order valence-electron chi connectivity index (χ0n) is 11.2. The minimum absolute atomic E-state index is 0.0567. The molecular formula is C13H19N3O3S. The number of nitrogens with zero attached hydrogens (tertiary/aromatic N) is 1. The fourth-order valence-electron chi connectivity index (χ4n) is 2.16. The zero-order valence-corrected chi connectivity index (χ0v) is 12.0. The molecule has 0 saturated carbocycles. The molecule has 0 radical (unpaired) electrons. The van der Waals surface area contributed by atoms with Crippen molar-refractivity contribution >= 4 is 21.7 Å². The van der Waals surface area contributed by atoms with E-state index in [9.17, 15) is 13.2 Å². The van der Waals surface area contributed by atoms with Gasteiger partial charge in [0.15, 0.2) is 5.78 Å². The van der Waals surface area contributed by atoms with E-state index in [0.29, 0.717) is 24.3 Å². The number of ketones is 1. The summed E-state index contributed by atoms with van der Waals surface area (Å²) < 4.78 is 28.3. The first-order valence-corrected chi connectivity index (χ1v) is 8.08. The summed E-state index contributed by atoms with van der Waals surface area (Å²) in [6, 6.07) is 6.29. The van der Waals surface area contributed by atoms with E-state index >= 15 is 0 Å². The second-order valence-electron chi connectivity index (χ2n) is 4.77. The van der Waals surface area contributed by atoms with Gasteiger partial charge in [-0.25, -0.2) is 0 Å². The van der Waals surface area contributed by atoms with Crippen LogP contribution in [-0.2, 0) is 10.2 Å². The predicted octanol–water partition coefficient (Wildman–Crippen LogP) is 0.971. The van der Waals surface area contributed by atoms with Crippen LogP contribution in [0.15, 0.2) is 24.3 Å². The monoisotopic (exact) mass is 297 g/mol. The molecule has 1 aliphatic rings. The Kier molecular flexibility index (Phi) is 4.74. The first kappa shape index (κ1) is 15.0. The van der Waals surface area contributed by atoms with E-state index in [2.05, 4.69) is 4.72 Å². The highest BCUT2D eigenvalue weighted by Crippen LogP contribution is 2.17. The molecule has 110 valence electrons. The van der Waals surface area contributed by atoms with Crippen molar-refractivity contribution < 1.29 is 13.2 Å². The van der Waals surface area contributed by atoms with Crippen molar-refractivity contribution in [3.05, 3.63) is 29.8 Å². The summed E-state index contributed by atoms with van der Waals surface area (Å²) in [5.74, 6) is -0.171. The van der Waals surface area contributed by atoms with E-state index in [4.69, 9.17) is 5.73 Å². The molecule has 1 fully saturated rings. The van der Waals surface area contributed by atoms with E-state index in [1.165, 1.54) is 4.31 Å². The lowest BCUT2D eigenvalue weighted by atomic mass is 10.1. The zero-order chi connectivity index (χ0) is 14.6. The molecule has 0 bridgehead atoms. The molecule has 7 heteroatoms. The SMILES string of the molecule is NCC(=O)c1ccc(NS(=O)(=O)N2CCCCC2)cc1. The lowest BCUT2D eigenvalue weighted by molar-refractivity contribution is 0.100. The van der Waals surface area contributed by atoms with Crippen molar-refractivity contribution in [3.8, 4) is 0 Å². The van der Waals surface area contributed by atoms with Gasteiger partial charge < -0.3 is 5.73 Å². The molecule has 0 amide bonds. The van der Waals surface area contributed by atoms with Crippen LogP contribution in [0.5, 0.6) is 0 Å². The summed E-state index contributed by atoms with van der Waals surface area (Å²) in [6.07, 6.45) is 2.86. The number of nitrogens with two attached hydrogens (primary N) is 1. The van der Waals surface area contributed by atoms with Crippen LogP contribution in [0.3, 0.4) is 0 Å². The van der Waals surface area contributed by atoms with Gasteiger partial charge in [0.1, 0.15) is 0 Å². The highest BCUT2D eigenvalue weighted by atomic mass is 32.2. The van der Waals surface area contributed by atoms with E-state index in [1.54, 1.807) is 24.3 Å². The van der Waals surface area contributed by atoms with Gasteiger partial charge in [0.2, 0.25) is 0 Å². The van der Waals surface area contributed by atoms with Crippen molar-refractivity contribution in [2.24, 2.45) is 5.73 Å². The smallest absolute Gasteiger partial charge is 0.301 e. The van der Waals surface area contributed by atoms with E-state index < -0.39 is 10.2 Å². The quantitative estimate of drug-likeness (QED) is 0.792. The molecule has 1 heterocycles. The molecule has 1 aromatic rings. The third-order valence-electron chi connectivity index (χ3n) is 3.29. The molecule has 0 aliphatic carbocycles. The van der Waals surface area contributed by atoms with Gasteiger partial charge in [-0.05, 0) is 37.1 Å². The van der Waals surface area contributed by atoms with Crippen molar-refractivity contribution in [3.63, 3.8) is 0 Å². The Morgan fingerprint density at radius 3 is 2.30 bits per heavy atom. The summed E-state index contributed by atoms with van der Waals surface area (Å²) in [6.45, 7) is 1.05. The normalized spacial score (nSPS) is 16.9. The van der Waals surface area contributed by atoms with Crippen molar-refractivity contribution in [1.82, 2.24) is 4.31 Å². The van der Waals surface area contributed by atoms with Gasteiger partial charge in [0.05, 0.1) is 6.54 Å². The topological polar surface area (TPSA) is 92.5 Å². The Balaban J connectivity index is 2.07. The molecular weight excluding hydrogens is 278 g/mol. The summed E-state index contributed by atoms with van der Waals surface area (Å²) in [7, 11) is -3.50. The fraction of sp³-hybridized carbons (Fsp3) is 0.462. The third kappa shape index (κ3) is 3.56. The Morgan fingerprint density at radius 2 is 1.75 bits per heavy atom. The lowest BCUT2D eigenvalue weighted by Gasteiger charge is -2.26. The molecule has 1 aliphatic heterocycles. The standard InChI is InChI=1S/C13H19N3O3S/c14-10-13(17)11-4-6-12(7-5-11)15-20(18,19)16-8-2-1-3-9-16/h4-7,15H,1-3,8-10,14H2. The summed E-state index contributed by atoms with van der Waals surface area (Å²) in [5.41, 5.74) is 6.20. The van der Waals surface area contributed by atoms with Crippen molar-refractivity contribution in [2.75, 3.05) is 24.4 Å². The largest absolute Gasteiger partial charge is 0.324 e. The average Bonchev–Trinajstić information content (AvgIpc) is 2.48. The highest BCUT2D eigenvalue weighted by molar-refractivity contribution is 7.90. The van der Waals surface area contributed by atoms with Crippen molar-refractivity contribution in [1.29, 1.82) is 0 Å². The van der Waals surface area contributed by atoms with Crippen LogP contribution in [0.1, 0.15) is 29.6 Å². The first-order valence-electron chi connectivity index (χ1n) is 6.64. The maximum Gasteiger partial charge on any atom is 0.301 e. The molecule has 0 unspecified atom stereocenters. The van der Waals surface area contributed by atoms with Gasteiger partial charge in [0, 0.05) is 24.3 Å². The van der Waals surface area contributed by atoms with Crippen LogP contribution >= 0.6 is 0 Å². The minimum atomic E-state index is -3.50. The van der Waals surface area contributed by atoms with Gasteiger partial charge in [-0.15, -0.1) is 0 Å². The Bertz CT molecular complexity index is 563. The maximum absolute atomic E-state index is 12.2. The summed E-state index contributed by atoms with van der Waals surface area (Å²) in [4.78, 5) is 11.4. The molecule has 0 atom stereocenters. The number of hydrogen-bond donors (Lipinski definition) is 2. The average molecular weight is 297 g/mol. The summed E-state index contributed by atoms with van der Waals surface area (Å²) in [5, 5.41) is 0. The second kappa shape index (κ2) is 6.34. The van der Waals surface area contributed by atoms with Gasteiger partial charge in [0.25, 0.3) is 0 Å². The first-order chi connectivity index (χ1) is 9.53. The van der Waals surface area contributed by atoms with Crippen LogP contribution in [-0.4, -0.2) is 38.1 Å². The fourth-order valence-corrected chi connectivity index (χ4v) is 3.46. The maximum atomic E-state index is 12.2. The number of Topliss-reactive ketones (excluding diaryl/α,β-unsaturated/α-hetero) is 1. The predicted molar refractivity (Wildman–Crippen MR) is 77.8 cm³/mol. The lowest BCUT2D eigenvalue weighted by Crippen LogP contribution is -2.39. The number of carbonyl (C=O) groups is 1. The molecule has 6 nitrogen and oxygen atoms in total. The number of nitrogens with one attached hydrogen (secondary N) is 1. The van der Waals surface area contributed by atoms with E-state index in [1.807, 2.05) is 0 Å². The molecule has 0 aromatic heterocycles. The third-order valence-corrected chi connectivity index (χ3v) is 4.83. The van der Waals surface area contributed by atoms with Gasteiger partial charge in [-0.2, -0.15) is 12.7 Å². The Labute approximate surface area is 119 Å². The minimum Gasteiger partial charge on any atom is -0.324 e. The Hall–Kier alpha value is -1.44. The molecule has 1 saturated heterocycles. The Morgan fingerprint density at radius 1 is 1.15 bits per heavy atom. The van der Waals surface area contributed by atoms with Crippen LogP contribution in [0.25, 0.3) is 0 Å². The molecule has 20 heavy (non-hydrogen) atoms. The van der Waals surface area contributed by atoms with Gasteiger partial charge >= 0.3 is 10.2 Å². The molecule has 0 spiro atoms. The number of benzene rings is 1. The molecule has 1 aromatic carbocycles. The molecule has 3 N–H and O–H groups in total. The summed E-state index contributed by atoms with van der Waals surface area (Å²) >= 11 is 0. The highest BCUT2D eigenvalue weighted by Gasteiger charge is 2.23. The number of rotatable bonds is 5. The second-order valence-corrected chi connectivity index (χ2v) is 6.44.